The fraction of sp³-hybridized carbons (Fsp3) is 0.150. The van der Waals surface area contributed by atoms with Crippen molar-refractivity contribution in [2.75, 3.05) is 0 Å². The van der Waals surface area contributed by atoms with Gasteiger partial charge in [0.2, 0.25) is 0 Å². The normalized spacial score (nSPS) is 12.1. The minimum atomic E-state index is -3.70. The van der Waals surface area contributed by atoms with Crippen LogP contribution in [-0.4, -0.2) is 17.4 Å². The van der Waals surface area contributed by atoms with E-state index < -0.39 is 10.0 Å². The molecule has 4 nitrogen and oxygen atoms in total. The summed E-state index contributed by atoms with van der Waals surface area (Å²) in [5.41, 5.74) is 4.57. The maximum atomic E-state index is 13.1. The number of rotatable bonds is 2. The molecule has 4 rings (SSSR count). The molecule has 0 radical (unpaired) electrons. The fourth-order valence-corrected chi connectivity index (χ4v) is 4.37. The van der Waals surface area contributed by atoms with E-state index in [1.54, 1.807) is 12.1 Å². The highest BCUT2D eigenvalue weighted by Gasteiger charge is 2.20. The third-order valence-corrected chi connectivity index (χ3v) is 6.31. The van der Waals surface area contributed by atoms with Crippen molar-refractivity contribution in [1.29, 1.82) is 0 Å². The largest absolute Gasteiger partial charge is 0.269 e. The molecule has 0 aliphatic rings. The zero-order valence-corrected chi connectivity index (χ0v) is 15.1. The summed E-state index contributed by atoms with van der Waals surface area (Å²) in [5.74, 6) is 0. The van der Waals surface area contributed by atoms with E-state index in [-0.39, 0.29) is 4.90 Å². The van der Waals surface area contributed by atoms with Crippen LogP contribution in [0.2, 0.25) is 0 Å². The van der Waals surface area contributed by atoms with E-state index in [9.17, 15) is 8.42 Å². The van der Waals surface area contributed by atoms with Crippen LogP contribution in [0.1, 0.15) is 16.7 Å². The van der Waals surface area contributed by atoms with Crippen molar-refractivity contribution in [3.63, 3.8) is 0 Å². The van der Waals surface area contributed by atoms with Gasteiger partial charge in [-0.25, -0.2) is 17.4 Å². The molecule has 25 heavy (non-hydrogen) atoms. The van der Waals surface area contributed by atoms with E-state index in [1.165, 1.54) is 10.3 Å². The number of fused-ring (bicyclic) bond motifs is 2. The molecule has 1 heterocycles. The van der Waals surface area contributed by atoms with Gasteiger partial charge in [0.1, 0.15) is 6.33 Å². The van der Waals surface area contributed by atoms with Crippen LogP contribution in [0.5, 0.6) is 0 Å². The molecule has 0 aliphatic heterocycles. The Balaban J connectivity index is 1.93. The summed E-state index contributed by atoms with van der Waals surface area (Å²) in [5, 5.41) is 1.93. The molecule has 0 fully saturated rings. The lowest BCUT2D eigenvalue weighted by Gasteiger charge is -2.09. The Morgan fingerprint density at radius 1 is 0.840 bits per heavy atom. The molecule has 0 atom stereocenters. The van der Waals surface area contributed by atoms with E-state index >= 15 is 0 Å². The monoisotopic (exact) mass is 350 g/mol. The highest BCUT2D eigenvalue weighted by Crippen LogP contribution is 2.26. The van der Waals surface area contributed by atoms with Crippen molar-refractivity contribution in [2.24, 2.45) is 0 Å². The highest BCUT2D eigenvalue weighted by molar-refractivity contribution is 7.90. The molecular weight excluding hydrogens is 332 g/mol. The second kappa shape index (κ2) is 5.43. The highest BCUT2D eigenvalue weighted by atomic mass is 32.2. The molecular formula is C20H18N2O2S. The molecule has 3 aromatic carbocycles. The molecule has 0 saturated carbocycles. The van der Waals surface area contributed by atoms with Gasteiger partial charge in [-0.05, 0) is 66.9 Å². The van der Waals surface area contributed by atoms with Crippen LogP contribution in [0.25, 0.3) is 21.8 Å². The van der Waals surface area contributed by atoms with Crippen molar-refractivity contribution < 1.29 is 8.42 Å². The lowest BCUT2D eigenvalue weighted by Crippen LogP contribution is -2.12. The van der Waals surface area contributed by atoms with E-state index in [4.69, 9.17) is 0 Å². The van der Waals surface area contributed by atoms with Gasteiger partial charge in [0.05, 0.1) is 15.9 Å². The van der Waals surface area contributed by atoms with Gasteiger partial charge in [0.15, 0.2) is 0 Å². The summed E-state index contributed by atoms with van der Waals surface area (Å²) >= 11 is 0. The van der Waals surface area contributed by atoms with Gasteiger partial charge in [-0.15, -0.1) is 0 Å². The zero-order chi connectivity index (χ0) is 17.8. The smallest absolute Gasteiger partial charge is 0.236 e. The van der Waals surface area contributed by atoms with Crippen LogP contribution < -0.4 is 0 Å². The van der Waals surface area contributed by atoms with E-state index in [0.717, 1.165) is 27.5 Å². The number of hydrogen-bond acceptors (Lipinski definition) is 3. The standard InChI is InChI=1S/C20H18N2O2S/c1-13-4-5-17-11-18(7-6-16(17)8-13)25(23,24)22-12-21-19-9-14(2)15(3)10-20(19)22/h4-12H,1-3H3. The summed E-state index contributed by atoms with van der Waals surface area (Å²) in [6.07, 6.45) is 1.39. The maximum Gasteiger partial charge on any atom is 0.269 e. The minimum absolute atomic E-state index is 0.265. The van der Waals surface area contributed by atoms with E-state index in [0.29, 0.717) is 11.0 Å². The Morgan fingerprint density at radius 2 is 1.52 bits per heavy atom. The van der Waals surface area contributed by atoms with Gasteiger partial charge in [0, 0.05) is 0 Å². The molecule has 0 aliphatic carbocycles. The Labute approximate surface area is 146 Å². The predicted octanol–water partition coefficient (Wildman–Crippen LogP) is 4.35. The van der Waals surface area contributed by atoms with Gasteiger partial charge < -0.3 is 0 Å². The Morgan fingerprint density at radius 3 is 2.32 bits per heavy atom. The predicted molar refractivity (Wildman–Crippen MR) is 100 cm³/mol. The molecule has 0 N–H and O–H groups in total. The molecule has 1 aromatic heterocycles. The molecule has 0 saturated heterocycles. The number of imidazole rings is 1. The second-order valence-electron chi connectivity index (χ2n) is 6.48. The zero-order valence-electron chi connectivity index (χ0n) is 14.3. The van der Waals surface area contributed by atoms with Gasteiger partial charge in [-0.3, -0.25) is 0 Å². The number of benzene rings is 3. The van der Waals surface area contributed by atoms with Gasteiger partial charge in [0.25, 0.3) is 10.0 Å². The summed E-state index contributed by atoms with van der Waals surface area (Å²) in [6, 6.07) is 15.0. The first-order chi connectivity index (χ1) is 11.9. The average Bonchev–Trinajstić information content (AvgIpc) is 2.98. The minimum Gasteiger partial charge on any atom is -0.236 e. The van der Waals surface area contributed by atoms with Crippen LogP contribution in [0, 0.1) is 20.8 Å². The van der Waals surface area contributed by atoms with Crippen LogP contribution >= 0.6 is 0 Å². The number of aromatic nitrogens is 2. The summed E-state index contributed by atoms with van der Waals surface area (Å²) in [6.45, 7) is 5.98. The molecule has 0 amide bonds. The molecule has 0 bridgehead atoms. The van der Waals surface area contributed by atoms with E-state index in [1.807, 2.05) is 57.2 Å². The second-order valence-corrected chi connectivity index (χ2v) is 8.30. The topological polar surface area (TPSA) is 52.0 Å². The van der Waals surface area contributed by atoms with Crippen LogP contribution in [0.3, 0.4) is 0 Å². The Bertz CT molecular complexity index is 1240. The summed E-state index contributed by atoms with van der Waals surface area (Å²) < 4.78 is 27.5. The average molecular weight is 350 g/mol. The van der Waals surface area contributed by atoms with Crippen LogP contribution in [-0.2, 0) is 10.0 Å². The number of hydrogen-bond donors (Lipinski definition) is 0. The van der Waals surface area contributed by atoms with Crippen molar-refractivity contribution in [3.8, 4) is 0 Å². The molecule has 126 valence electrons. The Hall–Kier alpha value is -2.66. The van der Waals surface area contributed by atoms with Crippen LogP contribution in [0.15, 0.2) is 59.8 Å². The first-order valence-electron chi connectivity index (χ1n) is 8.06. The SMILES string of the molecule is Cc1ccc2cc(S(=O)(=O)n3cnc4cc(C)c(C)cc43)ccc2c1. The first-order valence-corrected chi connectivity index (χ1v) is 9.50. The number of nitrogens with zero attached hydrogens (tertiary/aromatic N) is 2. The van der Waals surface area contributed by atoms with Crippen LogP contribution in [0.4, 0.5) is 0 Å². The Kier molecular flexibility index (Phi) is 3.44. The lowest BCUT2D eigenvalue weighted by atomic mass is 10.1. The quantitative estimate of drug-likeness (QED) is 0.540. The third kappa shape index (κ3) is 2.51. The lowest BCUT2D eigenvalue weighted by molar-refractivity contribution is 0.589. The van der Waals surface area contributed by atoms with Crippen molar-refractivity contribution in [2.45, 2.75) is 25.7 Å². The van der Waals surface area contributed by atoms with Gasteiger partial charge in [-0.1, -0.05) is 29.8 Å². The van der Waals surface area contributed by atoms with Crippen molar-refractivity contribution in [1.82, 2.24) is 8.96 Å². The molecule has 5 heteroatoms. The number of aryl methyl sites for hydroxylation is 3. The van der Waals surface area contributed by atoms with Crippen molar-refractivity contribution >= 4 is 31.8 Å². The maximum absolute atomic E-state index is 13.1. The first kappa shape index (κ1) is 15.8. The molecule has 4 aromatic rings. The van der Waals surface area contributed by atoms with Crippen molar-refractivity contribution in [3.05, 3.63) is 71.5 Å². The summed E-state index contributed by atoms with van der Waals surface area (Å²) in [4.78, 5) is 4.54. The van der Waals surface area contributed by atoms with E-state index in [2.05, 4.69) is 4.98 Å². The fourth-order valence-electron chi connectivity index (χ4n) is 3.05. The molecule has 0 unspecified atom stereocenters. The molecule has 0 spiro atoms. The third-order valence-electron chi connectivity index (χ3n) is 4.65. The van der Waals surface area contributed by atoms with Gasteiger partial charge >= 0.3 is 0 Å². The summed E-state index contributed by atoms with van der Waals surface area (Å²) in [7, 11) is -3.70. The van der Waals surface area contributed by atoms with Gasteiger partial charge in [-0.2, -0.15) is 0 Å².